The van der Waals surface area contributed by atoms with Gasteiger partial charge in [0.2, 0.25) is 5.75 Å². The van der Waals surface area contributed by atoms with Crippen molar-refractivity contribution >= 4 is 19.0 Å². The molecule has 1 unspecified atom stereocenters. The van der Waals surface area contributed by atoms with Crippen LogP contribution in [0.3, 0.4) is 0 Å². The number of hydrogen-bond donors (Lipinski definition) is 1. The average molecular weight is 221 g/mol. The molecule has 0 amide bonds. The van der Waals surface area contributed by atoms with Gasteiger partial charge in [-0.3, -0.25) is 0 Å². The summed E-state index contributed by atoms with van der Waals surface area (Å²) in [5, 5.41) is 1.85. The maximum absolute atomic E-state index is 10.7. The molecule has 0 bridgehead atoms. The van der Waals surface area contributed by atoms with Crippen LogP contribution in [-0.2, 0) is 4.57 Å². The molecule has 2 aromatic carbocycles. The molecule has 76 valence electrons. The van der Waals surface area contributed by atoms with E-state index < -0.39 is 8.25 Å². The fraction of sp³-hybridized carbons (Fsp3) is 0.0909. The molecule has 2 aromatic rings. The molecule has 0 aromatic heterocycles. The second kappa shape index (κ2) is 3.97. The predicted octanol–water partition coefficient (Wildman–Crippen LogP) is 3.18. The highest BCUT2D eigenvalue weighted by Gasteiger charge is 2.18. The van der Waals surface area contributed by atoms with E-state index in [1.807, 2.05) is 43.3 Å². The second-order valence-electron chi connectivity index (χ2n) is 3.26. The average Bonchev–Trinajstić information content (AvgIpc) is 2.22. The van der Waals surface area contributed by atoms with Gasteiger partial charge >= 0.3 is 8.25 Å². The molecule has 3 nitrogen and oxygen atoms in total. The van der Waals surface area contributed by atoms with Gasteiger partial charge in [0.05, 0.1) is 0 Å². The van der Waals surface area contributed by atoms with Crippen molar-refractivity contribution in [3.05, 3.63) is 42.0 Å². The van der Waals surface area contributed by atoms with Crippen LogP contribution >= 0.6 is 8.25 Å². The van der Waals surface area contributed by atoms with Gasteiger partial charge in [0.1, 0.15) is 0 Å². The van der Waals surface area contributed by atoms with Crippen LogP contribution in [0.5, 0.6) is 5.75 Å². The molecule has 0 radical (unpaired) electrons. The van der Waals surface area contributed by atoms with Crippen molar-refractivity contribution in [2.24, 2.45) is 0 Å². The van der Waals surface area contributed by atoms with Gasteiger partial charge in [-0.05, 0) is 17.9 Å². The molecular formula is C11H10O3P+. The number of aryl methyl sites for hydroxylation is 1. The Morgan fingerprint density at radius 2 is 1.93 bits per heavy atom. The molecule has 0 aliphatic rings. The lowest BCUT2D eigenvalue weighted by molar-refractivity contribution is 0.411. The maximum Gasteiger partial charge on any atom is 0.747 e. The highest BCUT2D eigenvalue weighted by atomic mass is 31.1. The van der Waals surface area contributed by atoms with Gasteiger partial charge in [0, 0.05) is 9.95 Å². The first-order valence-electron chi connectivity index (χ1n) is 4.51. The predicted molar refractivity (Wildman–Crippen MR) is 59.1 cm³/mol. The zero-order chi connectivity index (χ0) is 10.8. The Bertz CT molecular complexity index is 522. The van der Waals surface area contributed by atoms with Crippen LogP contribution in [0, 0.1) is 6.92 Å². The Kier molecular flexibility index (Phi) is 2.67. The highest BCUT2D eigenvalue weighted by molar-refractivity contribution is 7.32. The van der Waals surface area contributed by atoms with Crippen molar-refractivity contribution < 1.29 is 14.0 Å². The topological polar surface area (TPSA) is 46.5 Å². The number of fused-ring (bicyclic) bond motifs is 1. The molecule has 0 heterocycles. The molecule has 1 atom stereocenters. The molecule has 0 fully saturated rings. The fourth-order valence-electron chi connectivity index (χ4n) is 1.55. The van der Waals surface area contributed by atoms with Gasteiger partial charge in [-0.2, -0.15) is 0 Å². The summed E-state index contributed by atoms with van der Waals surface area (Å²) in [6, 6.07) is 11.4. The lowest BCUT2D eigenvalue weighted by Crippen LogP contribution is -1.86. The maximum atomic E-state index is 10.7. The fourth-order valence-corrected chi connectivity index (χ4v) is 1.95. The molecule has 1 N–H and O–H groups in total. The Labute approximate surface area is 88.3 Å². The Morgan fingerprint density at radius 1 is 1.20 bits per heavy atom. The lowest BCUT2D eigenvalue weighted by Gasteiger charge is -2.03. The van der Waals surface area contributed by atoms with Crippen molar-refractivity contribution in [1.82, 2.24) is 0 Å². The van der Waals surface area contributed by atoms with E-state index in [0.717, 1.165) is 16.3 Å². The molecule has 0 aliphatic carbocycles. The lowest BCUT2D eigenvalue weighted by atomic mass is 10.1. The van der Waals surface area contributed by atoms with Gasteiger partial charge in [-0.15, -0.1) is 4.89 Å². The summed E-state index contributed by atoms with van der Waals surface area (Å²) in [7, 11) is -2.62. The minimum atomic E-state index is -2.62. The third-order valence-electron chi connectivity index (χ3n) is 2.25. The monoisotopic (exact) mass is 221 g/mol. The van der Waals surface area contributed by atoms with E-state index in [2.05, 4.69) is 0 Å². The van der Waals surface area contributed by atoms with Crippen LogP contribution in [-0.4, -0.2) is 4.89 Å². The number of hydrogen-bond acceptors (Lipinski definition) is 2. The highest BCUT2D eigenvalue weighted by Crippen LogP contribution is 2.34. The summed E-state index contributed by atoms with van der Waals surface area (Å²) in [4.78, 5) is 8.78. The molecule has 15 heavy (non-hydrogen) atoms. The largest absolute Gasteiger partial charge is 0.747 e. The third-order valence-corrected chi connectivity index (χ3v) is 2.58. The quantitative estimate of drug-likeness (QED) is 0.792. The molecular weight excluding hydrogens is 211 g/mol. The zero-order valence-electron chi connectivity index (χ0n) is 8.18. The molecule has 2 rings (SSSR count). The summed E-state index contributed by atoms with van der Waals surface area (Å²) in [5.74, 6) is 0.483. The van der Waals surface area contributed by atoms with E-state index in [9.17, 15) is 4.57 Å². The Balaban J connectivity index is 2.68. The second-order valence-corrected chi connectivity index (χ2v) is 3.92. The van der Waals surface area contributed by atoms with Crippen molar-refractivity contribution in [3.63, 3.8) is 0 Å². The summed E-state index contributed by atoms with van der Waals surface area (Å²) >= 11 is 0. The molecule has 0 spiro atoms. The summed E-state index contributed by atoms with van der Waals surface area (Å²) < 4.78 is 15.6. The van der Waals surface area contributed by atoms with Crippen LogP contribution in [0.15, 0.2) is 36.4 Å². The van der Waals surface area contributed by atoms with Gasteiger partial charge in [0.15, 0.2) is 0 Å². The van der Waals surface area contributed by atoms with Gasteiger partial charge < -0.3 is 0 Å². The van der Waals surface area contributed by atoms with Gasteiger partial charge in [-0.25, -0.2) is 4.52 Å². The Morgan fingerprint density at radius 3 is 2.67 bits per heavy atom. The molecule has 0 saturated heterocycles. The molecule has 0 aliphatic heterocycles. The van der Waals surface area contributed by atoms with Crippen molar-refractivity contribution in [2.45, 2.75) is 6.92 Å². The van der Waals surface area contributed by atoms with E-state index in [1.54, 1.807) is 0 Å². The van der Waals surface area contributed by atoms with Crippen molar-refractivity contribution in [1.29, 1.82) is 0 Å². The summed E-state index contributed by atoms with van der Waals surface area (Å²) in [5.41, 5.74) is 0.853. The number of benzene rings is 2. The zero-order valence-corrected chi connectivity index (χ0v) is 9.07. The van der Waals surface area contributed by atoms with E-state index >= 15 is 0 Å². The smallest absolute Gasteiger partial charge is 0.228 e. The summed E-state index contributed by atoms with van der Waals surface area (Å²) in [6.45, 7) is 1.85. The number of rotatable bonds is 2. The van der Waals surface area contributed by atoms with Crippen LogP contribution in [0.25, 0.3) is 10.8 Å². The van der Waals surface area contributed by atoms with E-state index in [-0.39, 0.29) is 0 Å². The third kappa shape index (κ3) is 1.99. The van der Waals surface area contributed by atoms with E-state index in [0.29, 0.717) is 5.75 Å². The van der Waals surface area contributed by atoms with Crippen LogP contribution in [0.1, 0.15) is 5.56 Å². The minimum Gasteiger partial charge on any atom is -0.228 e. The van der Waals surface area contributed by atoms with Crippen molar-refractivity contribution in [3.8, 4) is 5.75 Å². The van der Waals surface area contributed by atoms with Crippen LogP contribution < -0.4 is 4.52 Å². The van der Waals surface area contributed by atoms with Gasteiger partial charge in [-0.1, -0.05) is 36.4 Å². The first kappa shape index (κ1) is 10.1. The standard InChI is InChI=1S/C11H9O3P/c1-8-6-7-9-4-2-3-5-10(9)11(8)14-15(12)13/h2-7H,1H3/p+1. The first-order chi connectivity index (χ1) is 7.18. The molecule has 0 saturated carbocycles. The van der Waals surface area contributed by atoms with E-state index in [1.165, 1.54) is 0 Å². The van der Waals surface area contributed by atoms with Crippen molar-refractivity contribution in [2.75, 3.05) is 0 Å². The van der Waals surface area contributed by atoms with Gasteiger partial charge in [0.25, 0.3) is 0 Å². The van der Waals surface area contributed by atoms with Crippen LogP contribution in [0.4, 0.5) is 0 Å². The van der Waals surface area contributed by atoms with E-state index in [4.69, 9.17) is 9.42 Å². The molecule has 4 heteroatoms. The normalized spacial score (nSPS) is 11.5. The van der Waals surface area contributed by atoms with Crippen LogP contribution in [0.2, 0.25) is 0 Å². The Hall–Kier alpha value is -1.44. The SMILES string of the molecule is Cc1ccc2ccccc2c1O[P+](=O)O. The summed E-state index contributed by atoms with van der Waals surface area (Å²) in [6.07, 6.45) is 0. The first-order valence-corrected chi connectivity index (χ1v) is 5.64. The minimum absolute atomic E-state index is 0.483.